The van der Waals surface area contributed by atoms with E-state index in [0.29, 0.717) is 18.1 Å². The number of ether oxygens (including phenoxy) is 1. The van der Waals surface area contributed by atoms with Gasteiger partial charge in [-0.2, -0.15) is 0 Å². The molecule has 1 unspecified atom stereocenters. The molecule has 1 saturated heterocycles. The summed E-state index contributed by atoms with van der Waals surface area (Å²) in [5.74, 6) is -0.316. The summed E-state index contributed by atoms with van der Waals surface area (Å²) in [6.45, 7) is 1.21. The highest BCUT2D eigenvalue weighted by molar-refractivity contribution is 5.92. The molecular weight excluding hydrogens is 299 g/mol. The molecule has 23 heavy (non-hydrogen) atoms. The molecule has 120 valence electrons. The van der Waals surface area contributed by atoms with Gasteiger partial charge in [0.05, 0.1) is 24.2 Å². The number of benzene rings is 1. The average Bonchev–Trinajstić information content (AvgIpc) is 3.09. The van der Waals surface area contributed by atoms with E-state index in [4.69, 9.17) is 4.74 Å². The minimum atomic E-state index is -0.382. The molecule has 1 fully saturated rings. The van der Waals surface area contributed by atoms with Crippen molar-refractivity contribution in [1.29, 1.82) is 0 Å². The number of hydrogen-bond donors (Lipinski definition) is 2. The Morgan fingerprint density at radius 3 is 2.87 bits per heavy atom. The molecule has 1 atom stereocenters. The lowest BCUT2D eigenvalue weighted by atomic mass is 10.2. The topological polar surface area (TPSA) is 76.1 Å². The van der Waals surface area contributed by atoms with Crippen LogP contribution in [-0.2, 0) is 4.74 Å². The van der Waals surface area contributed by atoms with E-state index < -0.39 is 0 Å². The van der Waals surface area contributed by atoms with E-state index in [9.17, 15) is 9.18 Å². The van der Waals surface area contributed by atoms with Crippen molar-refractivity contribution in [2.24, 2.45) is 0 Å². The number of nitrogens with one attached hydrogen (secondary N) is 2. The number of anilines is 2. The van der Waals surface area contributed by atoms with E-state index in [1.165, 1.54) is 18.5 Å². The van der Waals surface area contributed by atoms with Crippen LogP contribution in [0.25, 0.3) is 0 Å². The maximum absolute atomic E-state index is 13.5. The fourth-order valence-corrected chi connectivity index (χ4v) is 2.31. The Balaban J connectivity index is 1.58. The summed E-state index contributed by atoms with van der Waals surface area (Å²) in [6, 6.07) is 6.27. The SMILES string of the molecule is O=C(NCC1CCCO1)c1cnc(Nc2ccccc2F)cn1. The van der Waals surface area contributed by atoms with E-state index in [1.54, 1.807) is 18.2 Å². The molecule has 6 nitrogen and oxygen atoms in total. The van der Waals surface area contributed by atoms with E-state index in [1.807, 2.05) is 0 Å². The summed E-state index contributed by atoms with van der Waals surface area (Å²) >= 11 is 0. The first-order chi connectivity index (χ1) is 11.2. The molecule has 0 radical (unpaired) electrons. The van der Waals surface area contributed by atoms with Crippen LogP contribution in [0.3, 0.4) is 0 Å². The number of carbonyl (C=O) groups excluding carboxylic acids is 1. The summed E-state index contributed by atoms with van der Waals surface area (Å²) in [6.07, 6.45) is 4.81. The summed E-state index contributed by atoms with van der Waals surface area (Å²) < 4.78 is 19.0. The van der Waals surface area contributed by atoms with Crippen LogP contribution in [0.4, 0.5) is 15.9 Å². The quantitative estimate of drug-likeness (QED) is 0.885. The number of amides is 1. The maximum atomic E-state index is 13.5. The average molecular weight is 316 g/mol. The minimum Gasteiger partial charge on any atom is -0.376 e. The summed E-state index contributed by atoms with van der Waals surface area (Å²) in [4.78, 5) is 20.1. The number of rotatable bonds is 5. The molecule has 1 amide bonds. The Labute approximate surface area is 133 Å². The first-order valence-electron chi connectivity index (χ1n) is 7.46. The van der Waals surface area contributed by atoms with Crippen LogP contribution in [0.1, 0.15) is 23.3 Å². The second-order valence-electron chi connectivity index (χ2n) is 5.24. The third-order valence-corrected chi connectivity index (χ3v) is 3.54. The molecule has 1 aromatic heterocycles. The van der Waals surface area contributed by atoms with Crippen molar-refractivity contribution in [1.82, 2.24) is 15.3 Å². The standard InChI is InChI=1S/C16H17FN4O2/c17-12-5-1-2-6-13(12)21-15-10-18-14(9-19-15)16(22)20-8-11-4-3-7-23-11/h1-2,5-6,9-11H,3-4,7-8H2,(H,19,21)(H,20,22). The van der Waals surface area contributed by atoms with Gasteiger partial charge < -0.3 is 15.4 Å². The van der Waals surface area contributed by atoms with Crippen LogP contribution in [0.2, 0.25) is 0 Å². The van der Waals surface area contributed by atoms with E-state index >= 15 is 0 Å². The normalized spacial score (nSPS) is 17.0. The molecule has 1 aliphatic heterocycles. The largest absolute Gasteiger partial charge is 0.376 e. The predicted octanol–water partition coefficient (Wildman–Crippen LogP) is 2.27. The Hall–Kier alpha value is -2.54. The smallest absolute Gasteiger partial charge is 0.271 e. The van der Waals surface area contributed by atoms with Crippen LogP contribution >= 0.6 is 0 Å². The highest BCUT2D eigenvalue weighted by Crippen LogP contribution is 2.17. The monoisotopic (exact) mass is 316 g/mol. The van der Waals surface area contributed by atoms with Gasteiger partial charge in [-0.25, -0.2) is 14.4 Å². The lowest BCUT2D eigenvalue weighted by Gasteiger charge is -2.10. The zero-order valence-corrected chi connectivity index (χ0v) is 12.5. The lowest BCUT2D eigenvalue weighted by Crippen LogP contribution is -2.32. The summed E-state index contributed by atoms with van der Waals surface area (Å²) in [5, 5.41) is 5.59. The second kappa shape index (κ2) is 7.15. The van der Waals surface area contributed by atoms with Crippen molar-refractivity contribution in [3.8, 4) is 0 Å². The van der Waals surface area contributed by atoms with E-state index in [2.05, 4.69) is 20.6 Å². The fourth-order valence-electron chi connectivity index (χ4n) is 2.31. The van der Waals surface area contributed by atoms with Gasteiger partial charge in [0, 0.05) is 13.2 Å². The van der Waals surface area contributed by atoms with Crippen LogP contribution in [0.15, 0.2) is 36.7 Å². The number of para-hydroxylation sites is 1. The molecule has 0 saturated carbocycles. The molecule has 1 aromatic carbocycles. The van der Waals surface area contributed by atoms with Crippen LogP contribution < -0.4 is 10.6 Å². The fraction of sp³-hybridized carbons (Fsp3) is 0.312. The Kier molecular flexibility index (Phi) is 4.77. The van der Waals surface area contributed by atoms with Crippen molar-refractivity contribution >= 4 is 17.4 Å². The summed E-state index contributed by atoms with van der Waals surface area (Å²) in [7, 11) is 0. The number of aromatic nitrogens is 2. The first kappa shape index (κ1) is 15.4. The third kappa shape index (κ3) is 4.01. The van der Waals surface area contributed by atoms with Gasteiger partial charge in [-0.1, -0.05) is 12.1 Å². The van der Waals surface area contributed by atoms with Gasteiger partial charge in [-0.15, -0.1) is 0 Å². The molecule has 2 N–H and O–H groups in total. The molecule has 0 spiro atoms. The molecule has 1 aliphatic rings. The molecule has 3 rings (SSSR count). The predicted molar refractivity (Wildman–Crippen MR) is 83.0 cm³/mol. The van der Waals surface area contributed by atoms with Crippen LogP contribution in [0.5, 0.6) is 0 Å². The lowest BCUT2D eigenvalue weighted by molar-refractivity contribution is 0.0853. The molecule has 0 bridgehead atoms. The second-order valence-corrected chi connectivity index (χ2v) is 5.24. The molecule has 2 heterocycles. The number of carbonyl (C=O) groups is 1. The zero-order chi connectivity index (χ0) is 16.1. The Morgan fingerprint density at radius 1 is 1.30 bits per heavy atom. The molecule has 2 aromatic rings. The van der Waals surface area contributed by atoms with E-state index in [-0.39, 0.29) is 23.5 Å². The Bertz CT molecular complexity index is 672. The van der Waals surface area contributed by atoms with Crippen molar-refractivity contribution in [3.63, 3.8) is 0 Å². The molecule has 7 heteroatoms. The highest BCUT2D eigenvalue weighted by atomic mass is 19.1. The molecule has 0 aliphatic carbocycles. The van der Waals surface area contributed by atoms with Gasteiger partial charge in [-0.05, 0) is 25.0 Å². The van der Waals surface area contributed by atoms with Crippen molar-refractivity contribution in [2.45, 2.75) is 18.9 Å². The number of halogens is 1. The van der Waals surface area contributed by atoms with Gasteiger partial charge in [0.15, 0.2) is 0 Å². The molecular formula is C16H17FN4O2. The first-order valence-corrected chi connectivity index (χ1v) is 7.46. The zero-order valence-electron chi connectivity index (χ0n) is 12.5. The number of hydrogen-bond acceptors (Lipinski definition) is 5. The van der Waals surface area contributed by atoms with Crippen LogP contribution in [-0.4, -0.2) is 35.1 Å². The van der Waals surface area contributed by atoms with Gasteiger partial charge in [0.1, 0.15) is 17.3 Å². The van der Waals surface area contributed by atoms with Gasteiger partial charge >= 0.3 is 0 Å². The highest BCUT2D eigenvalue weighted by Gasteiger charge is 2.17. The van der Waals surface area contributed by atoms with Gasteiger partial charge in [0.25, 0.3) is 5.91 Å². The van der Waals surface area contributed by atoms with E-state index in [0.717, 1.165) is 19.4 Å². The summed E-state index contributed by atoms with van der Waals surface area (Å²) in [5.41, 5.74) is 0.513. The number of nitrogens with zero attached hydrogens (tertiary/aromatic N) is 2. The van der Waals surface area contributed by atoms with Crippen LogP contribution in [0, 0.1) is 5.82 Å². The van der Waals surface area contributed by atoms with Crippen molar-refractivity contribution in [3.05, 3.63) is 48.2 Å². The third-order valence-electron chi connectivity index (χ3n) is 3.54. The van der Waals surface area contributed by atoms with Gasteiger partial charge in [-0.3, -0.25) is 4.79 Å². The maximum Gasteiger partial charge on any atom is 0.271 e. The van der Waals surface area contributed by atoms with Gasteiger partial charge in [0.2, 0.25) is 0 Å². The Morgan fingerprint density at radius 2 is 2.17 bits per heavy atom. The van der Waals surface area contributed by atoms with Crippen molar-refractivity contribution < 1.29 is 13.9 Å². The van der Waals surface area contributed by atoms with Crippen molar-refractivity contribution in [2.75, 3.05) is 18.5 Å². The minimum absolute atomic E-state index is 0.0777.